The van der Waals surface area contributed by atoms with Gasteiger partial charge in [-0.25, -0.2) is 0 Å². The Morgan fingerprint density at radius 3 is 2.23 bits per heavy atom. The number of benzene rings is 3. The fraction of sp³-hybridized carbons (Fsp3) is 0.0870. The van der Waals surface area contributed by atoms with E-state index < -0.39 is 0 Å². The Hall–Kier alpha value is -3.58. The SMILES string of the molecule is Cc1nnc(SCC(=O)Nc2ccc(Oc3ccccc3)cc2)n1-c1ccccc1. The van der Waals surface area contributed by atoms with E-state index in [2.05, 4.69) is 15.5 Å². The van der Waals surface area contributed by atoms with Gasteiger partial charge in [0.25, 0.3) is 0 Å². The number of rotatable bonds is 7. The number of para-hydroxylation sites is 2. The largest absolute Gasteiger partial charge is 0.457 e. The van der Waals surface area contributed by atoms with Gasteiger partial charge >= 0.3 is 0 Å². The van der Waals surface area contributed by atoms with Crippen LogP contribution in [0.2, 0.25) is 0 Å². The molecular weight excluding hydrogens is 396 g/mol. The van der Waals surface area contributed by atoms with Gasteiger partial charge in [-0.05, 0) is 55.5 Å². The van der Waals surface area contributed by atoms with Crippen LogP contribution in [0, 0.1) is 6.92 Å². The Labute approximate surface area is 178 Å². The fourth-order valence-electron chi connectivity index (χ4n) is 2.87. The molecule has 1 aromatic heterocycles. The summed E-state index contributed by atoms with van der Waals surface area (Å²) in [6, 6.07) is 26.7. The quantitative estimate of drug-likeness (QED) is 0.425. The zero-order valence-corrected chi connectivity index (χ0v) is 17.2. The summed E-state index contributed by atoms with van der Waals surface area (Å²) in [7, 11) is 0. The maximum Gasteiger partial charge on any atom is 0.234 e. The number of ether oxygens (including phenoxy) is 1. The van der Waals surface area contributed by atoms with Crippen LogP contribution in [0.1, 0.15) is 5.82 Å². The minimum absolute atomic E-state index is 0.114. The molecular formula is C23H20N4O2S. The second-order valence-electron chi connectivity index (χ2n) is 6.48. The van der Waals surface area contributed by atoms with E-state index in [1.165, 1.54) is 11.8 Å². The number of aryl methyl sites for hydroxylation is 1. The van der Waals surface area contributed by atoms with Crippen LogP contribution in [0.4, 0.5) is 5.69 Å². The first-order chi connectivity index (χ1) is 14.7. The number of hydrogen-bond donors (Lipinski definition) is 1. The number of anilines is 1. The van der Waals surface area contributed by atoms with Crippen LogP contribution in [0.25, 0.3) is 5.69 Å². The monoisotopic (exact) mass is 416 g/mol. The van der Waals surface area contributed by atoms with Gasteiger partial charge in [0.05, 0.1) is 5.75 Å². The number of hydrogen-bond acceptors (Lipinski definition) is 5. The second-order valence-corrected chi connectivity index (χ2v) is 7.42. The smallest absolute Gasteiger partial charge is 0.234 e. The van der Waals surface area contributed by atoms with Crippen LogP contribution in [-0.4, -0.2) is 26.4 Å². The Kier molecular flexibility index (Phi) is 6.10. The lowest BCUT2D eigenvalue weighted by molar-refractivity contribution is -0.113. The first kappa shape index (κ1) is 19.7. The van der Waals surface area contributed by atoms with Crippen LogP contribution >= 0.6 is 11.8 Å². The standard InChI is InChI=1S/C23H20N4O2S/c1-17-25-26-23(27(17)19-8-4-2-5-9-19)30-16-22(28)24-18-12-14-21(15-13-18)29-20-10-6-3-7-11-20/h2-15H,16H2,1H3,(H,24,28). The average Bonchev–Trinajstić information content (AvgIpc) is 3.15. The van der Waals surface area contributed by atoms with Crippen molar-refractivity contribution in [2.24, 2.45) is 0 Å². The number of nitrogens with one attached hydrogen (secondary N) is 1. The molecule has 0 fully saturated rings. The highest BCUT2D eigenvalue weighted by molar-refractivity contribution is 7.99. The van der Waals surface area contributed by atoms with Crippen LogP contribution in [0.15, 0.2) is 90.1 Å². The molecule has 1 N–H and O–H groups in total. The van der Waals surface area contributed by atoms with Crippen molar-refractivity contribution in [3.8, 4) is 17.2 Å². The predicted molar refractivity (Wildman–Crippen MR) is 118 cm³/mol. The molecule has 30 heavy (non-hydrogen) atoms. The predicted octanol–water partition coefficient (Wildman–Crippen LogP) is 5.10. The summed E-state index contributed by atoms with van der Waals surface area (Å²) in [5, 5.41) is 11.9. The lowest BCUT2D eigenvalue weighted by atomic mass is 10.3. The van der Waals surface area contributed by atoms with Gasteiger partial charge in [-0.2, -0.15) is 0 Å². The maximum atomic E-state index is 12.4. The fourth-order valence-corrected chi connectivity index (χ4v) is 3.67. The topological polar surface area (TPSA) is 69.0 Å². The van der Waals surface area contributed by atoms with E-state index in [0.717, 1.165) is 17.3 Å². The molecule has 0 bridgehead atoms. The summed E-state index contributed by atoms with van der Waals surface area (Å²) in [5.74, 6) is 2.37. The molecule has 0 saturated carbocycles. The van der Waals surface area contributed by atoms with Crippen LogP contribution < -0.4 is 10.1 Å². The van der Waals surface area contributed by atoms with Gasteiger partial charge in [0.2, 0.25) is 5.91 Å². The third-order valence-corrected chi connectivity index (χ3v) is 5.19. The van der Waals surface area contributed by atoms with E-state index in [4.69, 9.17) is 4.74 Å². The van der Waals surface area contributed by atoms with Gasteiger partial charge in [0.1, 0.15) is 17.3 Å². The minimum atomic E-state index is -0.114. The van der Waals surface area contributed by atoms with Crippen LogP contribution in [0.3, 0.4) is 0 Å². The van der Waals surface area contributed by atoms with Crippen molar-refractivity contribution in [3.63, 3.8) is 0 Å². The highest BCUT2D eigenvalue weighted by atomic mass is 32.2. The Bertz CT molecular complexity index is 1110. The van der Waals surface area contributed by atoms with E-state index in [1.54, 1.807) is 0 Å². The van der Waals surface area contributed by atoms with Crippen molar-refractivity contribution in [2.75, 3.05) is 11.1 Å². The van der Waals surface area contributed by atoms with Crippen LogP contribution in [0.5, 0.6) is 11.5 Å². The number of amides is 1. The van der Waals surface area contributed by atoms with E-state index in [1.807, 2.05) is 96.4 Å². The Morgan fingerprint density at radius 1 is 0.900 bits per heavy atom. The molecule has 0 atom stereocenters. The second kappa shape index (κ2) is 9.28. The lowest BCUT2D eigenvalue weighted by Crippen LogP contribution is -2.14. The third kappa shape index (κ3) is 4.87. The van der Waals surface area contributed by atoms with E-state index in [9.17, 15) is 4.79 Å². The van der Waals surface area contributed by atoms with E-state index >= 15 is 0 Å². The van der Waals surface area contributed by atoms with Crippen molar-refractivity contribution < 1.29 is 9.53 Å². The molecule has 0 radical (unpaired) electrons. The molecule has 1 heterocycles. The highest BCUT2D eigenvalue weighted by Crippen LogP contribution is 2.24. The van der Waals surface area contributed by atoms with Gasteiger partial charge in [-0.1, -0.05) is 48.2 Å². The average molecular weight is 417 g/mol. The van der Waals surface area contributed by atoms with Crippen molar-refractivity contribution in [1.29, 1.82) is 0 Å². The Balaban J connectivity index is 1.35. The molecule has 4 rings (SSSR count). The van der Waals surface area contributed by atoms with Crippen molar-refractivity contribution in [3.05, 3.63) is 90.8 Å². The summed E-state index contributed by atoms with van der Waals surface area (Å²) in [6.45, 7) is 1.89. The molecule has 0 aliphatic rings. The summed E-state index contributed by atoms with van der Waals surface area (Å²) in [6.07, 6.45) is 0. The molecule has 0 aliphatic carbocycles. The van der Waals surface area contributed by atoms with E-state index in [-0.39, 0.29) is 11.7 Å². The lowest BCUT2D eigenvalue weighted by Gasteiger charge is -2.09. The Morgan fingerprint density at radius 2 is 1.53 bits per heavy atom. The van der Waals surface area contributed by atoms with Crippen molar-refractivity contribution in [1.82, 2.24) is 14.8 Å². The van der Waals surface area contributed by atoms with Gasteiger partial charge in [0.15, 0.2) is 5.16 Å². The molecule has 4 aromatic rings. The first-order valence-electron chi connectivity index (χ1n) is 9.42. The minimum Gasteiger partial charge on any atom is -0.457 e. The molecule has 7 heteroatoms. The third-order valence-electron chi connectivity index (χ3n) is 4.26. The molecule has 1 amide bonds. The van der Waals surface area contributed by atoms with Gasteiger partial charge in [-0.15, -0.1) is 10.2 Å². The van der Waals surface area contributed by atoms with Gasteiger partial charge < -0.3 is 10.1 Å². The molecule has 0 saturated heterocycles. The number of aromatic nitrogens is 3. The zero-order chi connectivity index (χ0) is 20.8. The molecule has 150 valence electrons. The van der Waals surface area contributed by atoms with Gasteiger partial charge in [-0.3, -0.25) is 9.36 Å². The van der Waals surface area contributed by atoms with Crippen molar-refractivity contribution in [2.45, 2.75) is 12.1 Å². The van der Waals surface area contributed by atoms with E-state index in [0.29, 0.717) is 16.6 Å². The zero-order valence-electron chi connectivity index (χ0n) is 16.4. The number of thioether (sulfide) groups is 1. The maximum absolute atomic E-state index is 12.4. The van der Waals surface area contributed by atoms with Crippen molar-refractivity contribution >= 4 is 23.4 Å². The summed E-state index contributed by atoms with van der Waals surface area (Å²) < 4.78 is 7.70. The normalized spacial score (nSPS) is 10.6. The summed E-state index contributed by atoms with van der Waals surface area (Å²) >= 11 is 1.35. The highest BCUT2D eigenvalue weighted by Gasteiger charge is 2.13. The number of carbonyl (C=O) groups excluding carboxylic acids is 1. The molecule has 6 nitrogen and oxygen atoms in total. The molecule has 0 spiro atoms. The number of nitrogens with zero attached hydrogens (tertiary/aromatic N) is 3. The molecule has 0 unspecified atom stereocenters. The van der Waals surface area contributed by atoms with Gasteiger partial charge in [0, 0.05) is 11.4 Å². The molecule has 0 aliphatic heterocycles. The summed E-state index contributed by atoms with van der Waals surface area (Å²) in [4.78, 5) is 12.4. The molecule has 3 aromatic carbocycles. The number of carbonyl (C=O) groups is 1. The summed E-state index contributed by atoms with van der Waals surface area (Å²) in [5.41, 5.74) is 1.68. The van der Waals surface area contributed by atoms with Crippen LogP contribution in [-0.2, 0) is 4.79 Å². The first-order valence-corrected chi connectivity index (χ1v) is 10.4.